The predicted octanol–water partition coefficient (Wildman–Crippen LogP) is 3.45. The molecule has 0 aliphatic carbocycles. The van der Waals surface area contributed by atoms with Gasteiger partial charge in [-0.3, -0.25) is 4.79 Å². The third-order valence-electron chi connectivity index (χ3n) is 4.85. The molecule has 1 aliphatic rings. The van der Waals surface area contributed by atoms with Crippen LogP contribution in [-0.4, -0.2) is 51.7 Å². The van der Waals surface area contributed by atoms with Gasteiger partial charge in [0.15, 0.2) is 0 Å². The zero-order valence-corrected chi connectivity index (χ0v) is 18.4. The Labute approximate surface area is 186 Å². The number of esters is 1. The van der Waals surface area contributed by atoms with Crippen LogP contribution in [0.5, 0.6) is 5.75 Å². The summed E-state index contributed by atoms with van der Waals surface area (Å²) in [6.45, 7) is 3.34. The van der Waals surface area contributed by atoms with Gasteiger partial charge in [-0.2, -0.15) is 10.1 Å². The molecule has 2 aromatic heterocycles. The number of anilines is 1. The molecule has 164 valence electrons. The van der Waals surface area contributed by atoms with Crippen LogP contribution in [-0.2, 0) is 16.1 Å². The number of aromatic nitrogens is 4. The number of hydrogen-bond acceptors (Lipinski definition) is 8. The molecule has 0 spiro atoms. The summed E-state index contributed by atoms with van der Waals surface area (Å²) in [7, 11) is 0. The van der Waals surface area contributed by atoms with Gasteiger partial charge in [-0.1, -0.05) is 0 Å². The predicted molar refractivity (Wildman–Crippen MR) is 112 cm³/mol. The third-order valence-corrected chi connectivity index (χ3v) is 5.50. The lowest BCUT2D eigenvalue weighted by atomic mass is 10.1. The van der Waals surface area contributed by atoms with Gasteiger partial charge in [-0.25, -0.2) is 9.07 Å². The van der Waals surface area contributed by atoms with Gasteiger partial charge < -0.3 is 18.9 Å². The smallest absolute Gasteiger partial charge is 0.327 e. The molecule has 0 N–H and O–H groups in total. The molecule has 0 amide bonds. The van der Waals surface area contributed by atoms with E-state index in [0.29, 0.717) is 37.1 Å². The van der Waals surface area contributed by atoms with Gasteiger partial charge in [-0.05, 0) is 46.2 Å². The molecular weight excluding hydrogens is 473 g/mol. The summed E-state index contributed by atoms with van der Waals surface area (Å²) >= 11 is 3.39. The number of nitrogens with zero attached hydrogens (tertiary/aromatic N) is 5. The van der Waals surface area contributed by atoms with E-state index in [1.165, 1.54) is 16.8 Å². The van der Waals surface area contributed by atoms with Crippen molar-refractivity contribution in [2.75, 3.05) is 24.6 Å². The van der Waals surface area contributed by atoms with Crippen molar-refractivity contribution in [1.82, 2.24) is 19.9 Å². The van der Waals surface area contributed by atoms with Gasteiger partial charge in [0.25, 0.3) is 11.8 Å². The lowest BCUT2D eigenvalue weighted by Crippen LogP contribution is -2.38. The molecule has 0 radical (unpaired) electrons. The molecule has 1 aliphatic heterocycles. The lowest BCUT2D eigenvalue weighted by molar-refractivity contribution is -0.144. The summed E-state index contributed by atoms with van der Waals surface area (Å²) in [6, 6.07) is 6.09. The average molecular weight is 494 g/mol. The number of rotatable bonds is 7. The summed E-state index contributed by atoms with van der Waals surface area (Å²) < 4.78 is 32.0. The first-order valence-electron chi connectivity index (χ1n) is 9.91. The van der Waals surface area contributed by atoms with E-state index in [1.54, 1.807) is 25.3 Å². The molecule has 0 unspecified atom stereocenters. The Balaban J connectivity index is 1.37. The molecule has 3 aromatic rings. The third kappa shape index (κ3) is 5.04. The molecule has 4 rings (SSSR count). The van der Waals surface area contributed by atoms with Crippen molar-refractivity contribution in [2.24, 2.45) is 0 Å². The topological polar surface area (TPSA) is 95.5 Å². The number of carbonyl (C=O) groups is 1. The van der Waals surface area contributed by atoms with E-state index >= 15 is 0 Å². The Bertz CT molecular complexity index is 1050. The first kappa shape index (κ1) is 21.3. The minimum Gasteiger partial charge on any atom is -0.489 e. The highest BCUT2D eigenvalue weighted by atomic mass is 79.9. The van der Waals surface area contributed by atoms with E-state index in [4.69, 9.17) is 14.0 Å². The molecule has 31 heavy (non-hydrogen) atoms. The van der Waals surface area contributed by atoms with Crippen molar-refractivity contribution in [3.8, 4) is 17.3 Å². The Hall–Kier alpha value is -2.95. The van der Waals surface area contributed by atoms with E-state index in [2.05, 4.69) is 31.2 Å². The first-order valence-corrected chi connectivity index (χ1v) is 10.7. The molecule has 9 nitrogen and oxygen atoms in total. The van der Waals surface area contributed by atoms with E-state index in [9.17, 15) is 9.18 Å². The van der Waals surface area contributed by atoms with Crippen molar-refractivity contribution in [2.45, 2.75) is 32.4 Å². The molecule has 1 aromatic carbocycles. The highest BCUT2D eigenvalue weighted by molar-refractivity contribution is 9.10. The lowest BCUT2D eigenvalue weighted by Gasteiger charge is -2.31. The Morgan fingerprint density at radius 1 is 1.32 bits per heavy atom. The van der Waals surface area contributed by atoms with Crippen molar-refractivity contribution >= 4 is 27.8 Å². The van der Waals surface area contributed by atoms with E-state index in [0.717, 1.165) is 17.3 Å². The van der Waals surface area contributed by atoms with Crippen LogP contribution in [0.4, 0.5) is 10.3 Å². The van der Waals surface area contributed by atoms with Crippen LogP contribution in [0.15, 0.2) is 39.5 Å². The Kier molecular flexibility index (Phi) is 6.50. The zero-order chi connectivity index (χ0) is 21.8. The standard InChI is InChI=1S/C20H21BrFN5O4/c1-2-29-18(28)12-27-16(5-8-23-27)19-24-20(25-31-19)26-9-6-14(7-10-26)30-17-11-13(22)3-4-15(17)21/h3-5,8,11,14H,2,6-7,9-10,12H2,1H3. The largest absolute Gasteiger partial charge is 0.489 e. The molecule has 0 bridgehead atoms. The fraction of sp³-hybridized carbons (Fsp3) is 0.400. The van der Waals surface area contributed by atoms with Gasteiger partial charge >= 0.3 is 5.97 Å². The van der Waals surface area contributed by atoms with Crippen LogP contribution in [0.3, 0.4) is 0 Å². The van der Waals surface area contributed by atoms with Crippen molar-refractivity contribution < 1.29 is 23.2 Å². The van der Waals surface area contributed by atoms with E-state index in [1.807, 2.05) is 4.90 Å². The summed E-state index contributed by atoms with van der Waals surface area (Å²) in [4.78, 5) is 18.2. The minimum atomic E-state index is -0.390. The minimum absolute atomic E-state index is 0.0354. The molecule has 1 saturated heterocycles. The van der Waals surface area contributed by atoms with Crippen LogP contribution >= 0.6 is 15.9 Å². The normalized spacial score (nSPS) is 14.6. The second-order valence-corrected chi connectivity index (χ2v) is 7.81. The summed E-state index contributed by atoms with van der Waals surface area (Å²) in [6.07, 6.45) is 2.99. The van der Waals surface area contributed by atoms with Gasteiger partial charge in [0.1, 0.15) is 29.9 Å². The van der Waals surface area contributed by atoms with Crippen LogP contribution in [0.2, 0.25) is 0 Å². The van der Waals surface area contributed by atoms with Crippen molar-refractivity contribution in [3.05, 3.63) is 40.8 Å². The molecular formula is C20H21BrFN5O4. The van der Waals surface area contributed by atoms with Gasteiger partial charge in [0.05, 0.1) is 11.1 Å². The van der Waals surface area contributed by atoms with Crippen molar-refractivity contribution in [1.29, 1.82) is 0 Å². The molecule has 11 heteroatoms. The zero-order valence-electron chi connectivity index (χ0n) is 16.8. The van der Waals surface area contributed by atoms with Crippen LogP contribution < -0.4 is 9.64 Å². The Morgan fingerprint density at radius 2 is 2.13 bits per heavy atom. The molecule has 0 atom stereocenters. The van der Waals surface area contributed by atoms with Crippen LogP contribution in [0.25, 0.3) is 11.6 Å². The summed E-state index contributed by atoms with van der Waals surface area (Å²) in [5, 5.41) is 8.20. The van der Waals surface area contributed by atoms with E-state index in [-0.39, 0.29) is 30.3 Å². The van der Waals surface area contributed by atoms with Gasteiger partial charge in [0.2, 0.25) is 0 Å². The molecule has 3 heterocycles. The number of halogens is 2. The number of carbonyl (C=O) groups excluding carboxylic acids is 1. The van der Waals surface area contributed by atoms with E-state index < -0.39 is 0 Å². The summed E-state index contributed by atoms with van der Waals surface area (Å²) in [5.41, 5.74) is 0.543. The van der Waals surface area contributed by atoms with Crippen LogP contribution in [0, 0.1) is 5.82 Å². The van der Waals surface area contributed by atoms with Gasteiger partial charge in [-0.15, -0.1) is 0 Å². The maximum Gasteiger partial charge on any atom is 0.327 e. The highest BCUT2D eigenvalue weighted by Gasteiger charge is 2.25. The second-order valence-electron chi connectivity index (χ2n) is 6.96. The SMILES string of the molecule is CCOC(=O)Cn1nccc1-c1nc(N2CCC(Oc3cc(F)ccc3Br)CC2)no1. The van der Waals surface area contributed by atoms with Crippen LogP contribution in [0.1, 0.15) is 19.8 Å². The monoisotopic (exact) mass is 493 g/mol. The maximum atomic E-state index is 13.5. The average Bonchev–Trinajstić information content (AvgIpc) is 3.41. The number of ether oxygens (including phenoxy) is 2. The van der Waals surface area contributed by atoms with Gasteiger partial charge in [0, 0.05) is 38.2 Å². The summed E-state index contributed by atoms with van der Waals surface area (Å²) in [5.74, 6) is 0.509. The second kappa shape index (κ2) is 9.46. The quantitative estimate of drug-likeness (QED) is 0.461. The first-order chi connectivity index (χ1) is 15.0. The maximum absolute atomic E-state index is 13.5. The fourth-order valence-corrected chi connectivity index (χ4v) is 3.68. The number of benzene rings is 1. The highest BCUT2D eigenvalue weighted by Crippen LogP contribution is 2.29. The Morgan fingerprint density at radius 3 is 2.90 bits per heavy atom. The van der Waals surface area contributed by atoms with Crippen molar-refractivity contribution in [3.63, 3.8) is 0 Å². The number of piperidine rings is 1. The fourth-order valence-electron chi connectivity index (χ4n) is 3.34. The number of hydrogen-bond donors (Lipinski definition) is 0. The molecule has 1 fully saturated rings. The molecule has 0 saturated carbocycles.